The van der Waals surface area contributed by atoms with Gasteiger partial charge in [0.25, 0.3) is 0 Å². The maximum absolute atomic E-state index is 13.2. The molecule has 0 radical (unpaired) electrons. The summed E-state index contributed by atoms with van der Waals surface area (Å²) < 4.78 is 13.3. The molecule has 9 heteroatoms. The van der Waals surface area contributed by atoms with Crippen molar-refractivity contribution in [1.29, 1.82) is 0 Å². The fraction of sp³-hybridized carbons (Fsp3) is 0.438. The molecule has 0 amide bonds. The van der Waals surface area contributed by atoms with Crippen molar-refractivity contribution in [1.82, 2.24) is 24.9 Å². The Bertz CT molecular complexity index is 1680. The number of carbonyl (C=O) groups is 1. The monoisotopic (exact) mass is 557 g/mol. The van der Waals surface area contributed by atoms with Gasteiger partial charge in [-0.05, 0) is 81.5 Å². The van der Waals surface area contributed by atoms with E-state index in [0.717, 1.165) is 44.5 Å². The zero-order chi connectivity index (χ0) is 29.7. The van der Waals surface area contributed by atoms with E-state index < -0.39 is 11.0 Å². The number of methoxy groups -OCH3 is 1. The summed E-state index contributed by atoms with van der Waals surface area (Å²) in [5, 5.41) is 8.62. The molecule has 0 saturated heterocycles. The molecule has 1 unspecified atom stereocenters. The number of benzene rings is 2. The number of aryl methyl sites for hydroxylation is 3. The molecule has 3 heterocycles. The Morgan fingerprint density at radius 2 is 1.93 bits per heavy atom. The number of aromatic amines is 1. The van der Waals surface area contributed by atoms with Gasteiger partial charge < -0.3 is 14.5 Å². The summed E-state index contributed by atoms with van der Waals surface area (Å²) in [6, 6.07) is 13.8. The van der Waals surface area contributed by atoms with E-state index in [4.69, 9.17) is 9.47 Å². The molecule has 2 aromatic carbocycles. The second-order valence-electron chi connectivity index (χ2n) is 12.4. The molecule has 0 aliphatic carbocycles. The van der Waals surface area contributed by atoms with Gasteiger partial charge in [0, 0.05) is 38.7 Å². The van der Waals surface area contributed by atoms with Crippen LogP contribution in [0.5, 0.6) is 5.75 Å². The molecular weight excluding hydrogens is 518 g/mol. The minimum Gasteiger partial charge on any atom is -0.485 e. The number of hydrogen-bond donors (Lipinski definition) is 1. The molecule has 216 valence electrons. The van der Waals surface area contributed by atoms with Crippen LogP contribution in [0.1, 0.15) is 67.1 Å². The molecule has 1 aliphatic rings. The van der Waals surface area contributed by atoms with E-state index in [1.165, 1.54) is 13.2 Å². The fourth-order valence-electron chi connectivity index (χ4n) is 6.19. The van der Waals surface area contributed by atoms with Gasteiger partial charge in [0.15, 0.2) is 0 Å². The smallest absolute Gasteiger partial charge is 0.312 e. The van der Waals surface area contributed by atoms with Crippen LogP contribution in [0.25, 0.3) is 11.0 Å². The van der Waals surface area contributed by atoms with Crippen LogP contribution >= 0.6 is 0 Å². The van der Waals surface area contributed by atoms with Crippen LogP contribution in [0.2, 0.25) is 0 Å². The van der Waals surface area contributed by atoms with E-state index in [9.17, 15) is 9.59 Å². The first-order valence-electron chi connectivity index (χ1n) is 13.9. The zero-order valence-electron chi connectivity index (χ0n) is 25.2. The van der Waals surface area contributed by atoms with Crippen LogP contribution < -0.4 is 10.3 Å². The van der Waals surface area contributed by atoms with Crippen LogP contribution in [0.3, 0.4) is 0 Å². The number of H-pyrrole nitrogens is 1. The number of carbonyl (C=O) groups excluding carboxylic acids is 1. The molecule has 1 aliphatic heterocycles. The predicted octanol–water partition coefficient (Wildman–Crippen LogP) is 4.78. The maximum atomic E-state index is 13.2. The molecule has 0 fully saturated rings. The molecule has 4 aromatic rings. The highest BCUT2D eigenvalue weighted by molar-refractivity contribution is 5.82. The topological polar surface area (TPSA) is 102 Å². The Hall–Kier alpha value is -3.98. The average Bonchev–Trinajstić information content (AvgIpc) is 3.23. The number of ether oxygens (including phenoxy) is 2. The number of hydrogen-bond acceptors (Lipinski definition) is 7. The third kappa shape index (κ3) is 5.38. The second-order valence-corrected chi connectivity index (χ2v) is 12.4. The Morgan fingerprint density at radius 3 is 2.66 bits per heavy atom. The molecule has 1 N–H and O–H groups in total. The van der Waals surface area contributed by atoms with E-state index in [1.54, 1.807) is 10.7 Å². The number of pyridine rings is 1. The molecule has 2 aromatic heterocycles. The standard InChI is InChI=1S/C32H39N5O4/c1-19-9-10-21(15-22(19)16-37-17-24-26(13-14-27(38)33-24)41-31(3,4)18-37)28(32(5,6)30(39)40-8)23-11-12-25-29(20(23)2)34-35-36(25)7/h9-15,28H,16-18H2,1-8H3,(H,33,38). The number of nitrogens with zero attached hydrogens (tertiary/aromatic N) is 4. The van der Waals surface area contributed by atoms with Gasteiger partial charge in [-0.3, -0.25) is 14.5 Å². The number of rotatable bonds is 6. The molecule has 0 spiro atoms. The zero-order valence-corrected chi connectivity index (χ0v) is 25.2. The third-order valence-electron chi connectivity index (χ3n) is 8.25. The summed E-state index contributed by atoms with van der Waals surface area (Å²) in [7, 11) is 3.31. The van der Waals surface area contributed by atoms with Crippen molar-refractivity contribution in [2.45, 2.75) is 66.2 Å². The van der Waals surface area contributed by atoms with Gasteiger partial charge in [0.05, 0.1) is 23.7 Å². The van der Waals surface area contributed by atoms with Crippen molar-refractivity contribution < 1.29 is 14.3 Å². The fourth-order valence-corrected chi connectivity index (χ4v) is 6.19. The lowest BCUT2D eigenvalue weighted by atomic mass is 9.69. The molecule has 1 atom stereocenters. The Morgan fingerprint density at radius 1 is 1.17 bits per heavy atom. The normalized spacial score (nSPS) is 16.1. The Balaban J connectivity index is 1.59. The summed E-state index contributed by atoms with van der Waals surface area (Å²) in [5.41, 5.74) is 6.39. The van der Waals surface area contributed by atoms with Gasteiger partial charge in [0.2, 0.25) is 5.56 Å². The first-order chi connectivity index (χ1) is 19.3. The molecule has 41 heavy (non-hydrogen) atoms. The second kappa shape index (κ2) is 10.4. The Labute approximate surface area is 240 Å². The third-order valence-corrected chi connectivity index (χ3v) is 8.25. The first-order valence-corrected chi connectivity index (χ1v) is 13.9. The SMILES string of the molecule is COC(=O)C(C)(C)C(c1ccc(C)c(CN2Cc3[nH]c(=O)ccc3OC(C)(C)C2)c1)c1ccc2c(nnn2C)c1C. The summed E-state index contributed by atoms with van der Waals surface area (Å²) in [4.78, 5) is 30.6. The Kier molecular flexibility index (Phi) is 7.27. The maximum Gasteiger partial charge on any atom is 0.312 e. The average molecular weight is 558 g/mol. The molecular formula is C32H39N5O4. The van der Waals surface area contributed by atoms with Gasteiger partial charge in [-0.15, -0.1) is 5.10 Å². The highest BCUT2D eigenvalue weighted by Gasteiger charge is 2.41. The summed E-state index contributed by atoms with van der Waals surface area (Å²) in [5.74, 6) is 0.134. The van der Waals surface area contributed by atoms with Crippen molar-refractivity contribution in [3.8, 4) is 5.75 Å². The van der Waals surface area contributed by atoms with Gasteiger partial charge in [0.1, 0.15) is 16.9 Å². The molecule has 9 nitrogen and oxygen atoms in total. The van der Waals surface area contributed by atoms with Crippen LogP contribution in [0, 0.1) is 19.3 Å². The van der Waals surface area contributed by atoms with E-state index in [-0.39, 0.29) is 17.4 Å². The van der Waals surface area contributed by atoms with Crippen molar-refractivity contribution in [2.24, 2.45) is 12.5 Å². The lowest BCUT2D eigenvalue weighted by Crippen LogP contribution is -2.40. The lowest BCUT2D eigenvalue weighted by molar-refractivity contribution is -0.151. The quantitative estimate of drug-likeness (QED) is 0.341. The molecule has 5 rings (SSSR count). The largest absolute Gasteiger partial charge is 0.485 e. The van der Waals surface area contributed by atoms with Crippen molar-refractivity contribution in [3.05, 3.63) is 86.3 Å². The van der Waals surface area contributed by atoms with Gasteiger partial charge >= 0.3 is 5.97 Å². The highest BCUT2D eigenvalue weighted by atomic mass is 16.5. The van der Waals surface area contributed by atoms with Crippen LogP contribution in [0.4, 0.5) is 0 Å². The van der Waals surface area contributed by atoms with Crippen LogP contribution in [-0.2, 0) is 29.7 Å². The van der Waals surface area contributed by atoms with E-state index >= 15 is 0 Å². The van der Waals surface area contributed by atoms with Crippen LogP contribution in [-0.4, -0.2) is 50.1 Å². The van der Waals surface area contributed by atoms with Crippen molar-refractivity contribution in [2.75, 3.05) is 13.7 Å². The number of esters is 1. The minimum absolute atomic E-state index is 0.145. The van der Waals surface area contributed by atoms with Crippen molar-refractivity contribution in [3.63, 3.8) is 0 Å². The predicted molar refractivity (Wildman–Crippen MR) is 158 cm³/mol. The first kappa shape index (κ1) is 28.5. The number of fused-ring (bicyclic) bond motifs is 2. The lowest BCUT2D eigenvalue weighted by Gasteiger charge is -2.34. The van der Waals surface area contributed by atoms with Crippen LogP contribution in [0.15, 0.2) is 47.3 Å². The van der Waals surface area contributed by atoms with Gasteiger partial charge in [-0.25, -0.2) is 4.68 Å². The summed E-state index contributed by atoms with van der Waals surface area (Å²) in [6.45, 7) is 14.0. The highest BCUT2D eigenvalue weighted by Crippen LogP contribution is 2.44. The van der Waals surface area contributed by atoms with E-state index in [1.807, 2.05) is 33.9 Å². The number of nitrogens with one attached hydrogen (secondary N) is 1. The van der Waals surface area contributed by atoms with Crippen molar-refractivity contribution >= 4 is 17.0 Å². The van der Waals surface area contributed by atoms with Gasteiger partial charge in [-0.2, -0.15) is 0 Å². The minimum atomic E-state index is -0.862. The molecule has 0 saturated carbocycles. The van der Waals surface area contributed by atoms with Gasteiger partial charge in [-0.1, -0.05) is 29.5 Å². The van der Waals surface area contributed by atoms with E-state index in [2.05, 4.69) is 65.2 Å². The summed E-state index contributed by atoms with van der Waals surface area (Å²) >= 11 is 0. The number of aromatic nitrogens is 4. The van der Waals surface area contributed by atoms with E-state index in [0.29, 0.717) is 25.4 Å². The summed E-state index contributed by atoms with van der Waals surface area (Å²) in [6.07, 6.45) is 0. The molecule has 0 bridgehead atoms.